The van der Waals surface area contributed by atoms with Gasteiger partial charge in [-0.15, -0.1) is 0 Å². The molecule has 13 nitrogen and oxygen atoms in total. The third-order valence-electron chi connectivity index (χ3n) is 11.1. The first-order chi connectivity index (χ1) is 31.2. The van der Waals surface area contributed by atoms with E-state index in [1.165, 1.54) is 31.2 Å². The Bertz CT molecular complexity index is 2930. The second-order valence-electron chi connectivity index (χ2n) is 15.6. The van der Waals surface area contributed by atoms with E-state index in [2.05, 4.69) is 16.7 Å². The molecule has 330 valence electrons. The highest BCUT2D eigenvalue weighted by Gasteiger charge is 2.42. The third-order valence-corrected chi connectivity index (χ3v) is 13.7. The number of nitrogens with zero attached hydrogens (tertiary/aromatic N) is 2. The van der Waals surface area contributed by atoms with Crippen LogP contribution in [0.25, 0.3) is 11.1 Å². The fourth-order valence-electron chi connectivity index (χ4n) is 7.67. The molecule has 0 saturated carbocycles. The number of benzene rings is 6. The Morgan fingerprint density at radius 1 is 0.846 bits per heavy atom. The molecule has 0 spiro atoms. The first-order valence-electron chi connectivity index (χ1n) is 20.4. The molecule has 8 rings (SSSR count). The Kier molecular flexibility index (Phi) is 13.1. The van der Waals surface area contributed by atoms with Gasteiger partial charge in [0.2, 0.25) is 21.8 Å². The Balaban J connectivity index is 1.02. The summed E-state index contributed by atoms with van der Waals surface area (Å²) in [7, 11) is -4.40. The van der Waals surface area contributed by atoms with Gasteiger partial charge in [0.25, 0.3) is 0 Å². The van der Waals surface area contributed by atoms with E-state index in [0.717, 1.165) is 26.6 Å². The minimum atomic E-state index is -4.40. The van der Waals surface area contributed by atoms with E-state index in [1.807, 2.05) is 54.6 Å². The first-order valence-corrected chi connectivity index (χ1v) is 22.6. The topological polar surface area (TPSA) is 184 Å². The summed E-state index contributed by atoms with van der Waals surface area (Å²) in [4.78, 5) is 38.5. The summed E-state index contributed by atoms with van der Waals surface area (Å²) < 4.78 is 48.6. The van der Waals surface area contributed by atoms with Gasteiger partial charge in [-0.1, -0.05) is 77.8 Å². The molecule has 6 aromatic rings. The van der Waals surface area contributed by atoms with Gasteiger partial charge in [-0.3, -0.25) is 9.59 Å². The third kappa shape index (κ3) is 10.2. The second-order valence-corrected chi connectivity index (χ2v) is 18.3. The highest BCUT2D eigenvalue weighted by Crippen LogP contribution is 2.42. The molecule has 2 aliphatic heterocycles. The fourth-order valence-corrected chi connectivity index (χ4v) is 9.55. The van der Waals surface area contributed by atoms with E-state index in [4.69, 9.17) is 42.7 Å². The number of carboxylic acids is 1. The number of carbonyl (C=O) groups is 3. The zero-order valence-electron chi connectivity index (χ0n) is 34.7. The molecular formula is C49H40Cl2N4O9S. The van der Waals surface area contributed by atoms with E-state index in [0.29, 0.717) is 55.2 Å². The van der Waals surface area contributed by atoms with Crippen molar-refractivity contribution in [3.05, 3.63) is 171 Å². The van der Waals surface area contributed by atoms with Crippen LogP contribution in [0.1, 0.15) is 46.4 Å². The van der Waals surface area contributed by atoms with Crippen molar-refractivity contribution in [3.8, 4) is 34.4 Å². The van der Waals surface area contributed by atoms with Crippen molar-refractivity contribution in [2.45, 2.75) is 56.0 Å². The van der Waals surface area contributed by atoms with Crippen LogP contribution >= 0.6 is 23.2 Å². The molecule has 0 saturated heterocycles. The van der Waals surface area contributed by atoms with Crippen LogP contribution in [-0.4, -0.2) is 54.3 Å². The molecular weight excluding hydrogens is 892 g/mol. The number of amides is 2. The second kappa shape index (κ2) is 19.1. The fraction of sp³-hybridized carbons (Fsp3) is 0.184. The molecule has 0 fully saturated rings. The summed E-state index contributed by atoms with van der Waals surface area (Å²) in [6.07, 6.45) is -0.683. The predicted octanol–water partition coefficient (Wildman–Crippen LogP) is 8.51. The molecule has 3 N–H and O–H groups in total. The highest BCUT2D eigenvalue weighted by molar-refractivity contribution is 7.89. The zero-order chi connectivity index (χ0) is 45.8. The number of fused-ring (bicyclic) bond motifs is 2. The molecule has 16 heteroatoms. The maximum Gasteiger partial charge on any atom is 0.326 e. The predicted molar refractivity (Wildman–Crippen MR) is 243 cm³/mol. The van der Waals surface area contributed by atoms with Gasteiger partial charge < -0.3 is 30.0 Å². The summed E-state index contributed by atoms with van der Waals surface area (Å²) in [5, 5.41) is 25.6. The van der Waals surface area contributed by atoms with Crippen molar-refractivity contribution in [1.82, 2.24) is 9.62 Å². The Hall–Kier alpha value is -6.89. The minimum Gasteiger partial charge on any atom is -0.489 e. The Labute approximate surface area is 385 Å². The number of sulfonamides is 1. The van der Waals surface area contributed by atoms with Crippen LogP contribution in [0.3, 0.4) is 0 Å². The normalized spacial score (nSPS) is 16.0. The maximum absolute atomic E-state index is 14.5. The Morgan fingerprint density at radius 3 is 2.15 bits per heavy atom. The number of nitriles is 1. The number of anilines is 1. The molecule has 2 amide bonds. The number of halogens is 2. The molecule has 0 aromatic heterocycles. The Morgan fingerprint density at radius 2 is 1.51 bits per heavy atom. The van der Waals surface area contributed by atoms with Gasteiger partial charge in [-0.25, -0.2) is 13.2 Å². The maximum atomic E-state index is 14.5. The first kappa shape index (κ1) is 44.7. The number of hydrogen-bond donors (Lipinski definition) is 3. The van der Waals surface area contributed by atoms with Crippen molar-refractivity contribution in [3.63, 3.8) is 0 Å². The van der Waals surface area contributed by atoms with E-state index in [9.17, 15) is 27.9 Å². The average molecular weight is 932 g/mol. The molecule has 0 radical (unpaired) electrons. The van der Waals surface area contributed by atoms with Gasteiger partial charge >= 0.3 is 5.97 Å². The molecule has 2 heterocycles. The minimum absolute atomic E-state index is 0.0796. The van der Waals surface area contributed by atoms with Gasteiger partial charge in [0, 0.05) is 25.6 Å². The largest absolute Gasteiger partial charge is 0.489 e. The molecule has 0 bridgehead atoms. The summed E-state index contributed by atoms with van der Waals surface area (Å²) in [5.74, 6) is -1.00. The van der Waals surface area contributed by atoms with Crippen molar-refractivity contribution in [1.29, 1.82) is 5.26 Å². The van der Waals surface area contributed by atoms with E-state index < -0.39 is 40.1 Å². The number of ether oxygens (including phenoxy) is 3. The monoisotopic (exact) mass is 930 g/mol. The molecule has 3 atom stereocenters. The lowest BCUT2D eigenvalue weighted by Crippen LogP contribution is -2.55. The zero-order valence-corrected chi connectivity index (χ0v) is 37.0. The van der Waals surface area contributed by atoms with Crippen LogP contribution < -0.4 is 24.8 Å². The smallest absolute Gasteiger partial charge is 0.326 e. The molecule has 65 heavy (non-hydrogen) atoms. The molecule has 1 unspecified atom stereocenters. The van der Waals surface area contributed by atoms with E-state index in [-0.39, 0.29) is 43.4 Å². The van der Waals surface area contributed by atoms with Crippen LogP contribution in [0, 0.1) is 11.3 Å². The molecule has 0 aliphatic carbocycles. The number of carbonyl (C=O) groups excluding carboxylic acids is 2. The lowest BCUT2D eigenvalue weighted by atomic mass is 9.93. The van der Waals surface area contributed by atoms with Gasteiger partial charge in [-0.05, 0) is 118 Å². The summed E-state index contributed by atoms with van der Waals surface area (Å²) in [6.45, 7) is 1.54. The van der Waals surface area contributed by atoms with Gasteiger partial charge in [0.15, 0.2) is 17.6 Å². The summed E-state index contributed by atoms with van der Waals surface area (Å²) >= 11 is 12.2. The highest BCUT2D eigenvalue weighted by atomic mass is 35.5. The summed E-state index contributed by atoms with van der Waals surface area (Å²) in [5.41, 5.74) is 6.12. The molecule has 6 aromatic carbocycles. The van der Waals surface area contributed by atoms with Crippen LogP contribution in [0.5, 0.6) is 17.2 Å². The quantitative estimate of drug-likeness (QED) is 0.101. The standard InChI is InChI=1S/C49H40Cl2N4O9S/c1-29(56)53-38-13-17-40(18-14-38)65(60,61)55-26-37-24-46-45(63-28-47(64-46)35-11-15-39(16-12-35)62-27-32-6-19-41(50)42(51)20-32)23-36(37)22-44(55)48(57)54-43(49(58)59)21-30-2-7-33(8-3-30)34-9-4-31(25-52)5-10-34/h2-20,23-24,43-44,47H,21-22,26-28H2,1H3,(H,53,56)(H,54,57)(H,58,59)/t43-,44-,47?/m0/s1. The van der Waals surface area contributed by atoms with Gasteiger partial charge in [0.05, 0.1) is 26.6 Å². The van der Waals surface area contributed by atoms with Gasteiger partial charge in [0.1, 0.15) is 31.0 Å². The van der Waals surface area contributed by atoms with E-state index in [1.54, 1.807) is 48.5 Å². The van der Waals surface area contributed by atoms with Crippen molar-refractivity contribution in [2.24, 2.45) is 0 Å². The number of carboxylic acid groups (broad SMARTS) is 1. The van der Waals surface area contributed by atoms with Crippen LogP contribution in [0.15, 0.2) is 132 Å². The van der Waals surface area contributed by atoms with Crippen LogP contribution in [0.4, 0.5) is 5.69 Å². The number of hydrogen-bond acceptors (Lipinski definition) is 9. The van der Waals surface area contributed by atoms with Crippen LogP contribution in [-0.2, 0) is 50.4 Å². The SMILES string of the molecule is CC(=O)Nc1ccc(S(=O)(=O)N2Cc3cc4c(cc3C[C@H]2C(=O)N[C@@H](Cc2ccc(-c3ccc(C#N)cc3)cc2)C(=O)O)OCC(c2ccc(OCc3ccc(Cl)c(Cl)c3)cc2)O4)cc1. The number of rotatable bonds is 13. The lowest BCUT2D eigenvalue weighted by molar-refractivity contribution is -0.142. The van der Waals surface area contributed by atoms with Crippen molar-refractivity contribution >= 4 is 56.7 Å². The number of aliphatic carboxylic acids is 1. The molecule has 2 aliphatic rings. The average Bonchev–Trinajstić information content (AvgIpc) is 3.30. The van der Waals surface area contributed by atoms with Gasteiger partial charge in [-0.2, -0.15) is 9.57 Å². The summed E-state index contributed by atoms with van der Waals surface area (Å²) in [6, 6.07) is 35.2. The lowest BCUT2D eigenvalue weighted by Gasteiger charge is -2.37. The van der Waals surface area contributed by atoms with E-state index >= 15 is 0 Å². The van der Waals surface area contributed by atoms with Crippen molar-refractivity contribution in [2.75, 3.05) is 11.9 Å². The van der Waals surface area contributed by atoms with Crippen molar-refractivity contribution < 1.29 is 42.1 Å². The van der Waals surface area contributed by atoms with Crippen LogP contribution in [0.2, 0.25) is 10.0 Å². The number of nitrogens with one attached hydrogen (secondary N) is 2.